The van der Waals surface area contributed by atoms with Crippen molar-refractivity contribution in [2.24, 2.45) is 0 Å². The number of halogens is 3. The van der Waals surface area contributed by atoms with Gasteiger partial charge in [0.2, 0.25) is 11.5 Å². The smallest absolute Gasteiger partial charge is 0.375 e. The minimum absolute atomic E-state index is 0.0578. The summed E-state index contributed by atoms with van der Waals surface area (Å²) in [5, 5.41) is 12.3. The third-order valence-electron chi connectivity index (χ3n) is 3.60. The molecule has 0 spiro atoms. The van der Waals surface area contributed by atoms with E-state index in [0.717, 1.165) is 4.90 Å². The lowest BCUT2D eigenvalue weighted by atomic mass is 9.93. The quantitative estimate of drug-likeness (QED) is 0.731. The Morgan fingerprint density at radius 3 is 2.12 bits per heavy atom. The zero-order valence-corrected chi connectivity index (χ0v) is 14.1. The summed E-state index contributed by atoms with van der Waals surface area (Å²) in [4.78, 5) is 12.8. The van der Waals surface area contributed by atoms with Gasteiger partial charge in [0.05, 0.1) is 6.54 Å². The Hall–Kier alpha value is -1.99. The van der Waals surface area contributed by atoms with Crippen LogP contribution >= 0.6 is 11.8 Å². The lowest BCUT2D eigenvalue weighted by Gasteiger charge is -2.31. The normalized spacial score (nSPS) is 13.9. The average Bonchev–Trinajstić information content (AvgIpc) is 2.60. The molecule has 2 aromatic rings. The van der Waals surface area contributed by atoms with E-state index in [0.29, 0.717) is 5.75 Å². The minimum Gasteiger partial charge on any atom is -0.375 e. The summed E-state index contributed by atoms with van der Waals surface area (Å²) in [6, 6.07) is 16.1. The highest BCUT2D eigenvalue weighted by atomic mass is 32.2. The number of thioether (sulfide) groups is 1. The van der Waals surface area contributed by atoms with E-state index in [-0.39, 0.29) is 12.0 Å². The van der Waals surface area contributed by atoms with Crippen LogP contribution in [0.5, 0.6) is 0 Å². The molecule has 2 N–H and O–H groups in total. The third kappa shape index (κ3) is 5.24. The van der Waals surface area contributed by atoms with Crippen molar-refractivity contribution in [3.63, 3.8) is 0 Å². The van der Waals surface area contributed by atoms with Crippen molar-refractivity contribution in [2.45, 2.75) is 23.1 Å². The Labute approximate surface area is 148 Å². The van der Waals surface area contributed by atoms with E-state index < -0.39 is 24.2 Å². The number of rotatable bonds is 7. The van der Waals surface area contributed by atoms with Crippen LogP contribution in [0.1, 0.15) is 12.0 Å². The van der Waals surface area contributed by atoms with Gasteiger partial charge in [-0.15, -0.1) is 11.8 Å². The minimum atomic E-state index is -4.90. The molecule has 0 saturated carbocycles. The number of nitrogens with one attached hydrogen (secondary N) is 1. The lowest BCUT2D eigenvalue weighted by molar-refractivity contribution is -0.264. The van der Waals surface area contributed by atoms with Crippen LogP contribution in [0.3, 0.4) is 0 Å². The van der Waals surface area contributed by atoms with Gasteiger partial charge in [0.1, 0.15) is 0 Å². The monoisotopic (exact) mass is 369 g/mol. The van der Waals surface area contributed by atoms with E-state index in [1.807, 2.05) is 30.3 Å². The van der Waals surface area contributed by atoms with Crippen LogP contribution in [0.25, 0.3) is 0 Å². The van der Waals surface area contributed by atoms with E-state index in [4.69, 9.17) is 0 Å². The molecule has 0 aliphatic heterocycles. The van der Waals surface area contributed by atoms with Gasteiger partial charge in [0, 0.05) is 17.1 Å². The highest BCUT2D eigenvalue weighted by Gasteiger charge is 2.55. The largest absolute Gasteiger partial charge is 0.423 e. The van der Waals surface area contributed by atoms with Crippen LogP contribution in [0, 0.1) is 0 Å². The van der Waals surface area contributed by atoms with E-state index in [1.54, 1.807) is 6.07 Å². The summed E-state index contributed by atoms with van der Waals surface area (Å²) in [7, 11) is 0. The standard InChI is InChI=1S/C18H18F3NO2S/c19-18(20,21)17(24,14-7-3-1-4-8-14)13-22-16(23)11-12-25-15-9-5-2-6-10-15/h1-10,24H,11-13H2,(H,22,23)/t17-/m0/s1. The molecule has 1 amide bonds. The van der Waals surface area contributed by atoms with E-state index in [9.17, 15) is 23.1 Å². The molecule has 0 aromatic heterocycles. The summed E-state index contributed by atoms with van der Waals surface area (Å²) in [6.45, 7) is -0.921. The maximum absolute atomic E-state index is 13.3. The van der Waals surface area contributed by atoms with E-state index in [2.05, 4.69) is 5.32 Å². The van der Waals surface area contributed by atoms with Crippen molar-refractivity contribution in [1.82, 2.24) is 5.32 Å². The first-order valence-corrected chi connectivity index (χ1v) is 8.61. The molecule has 134 valence electrons. The van der Waals surface area contributed by atoms with Crippen molar-refractivity contribution in [3.05, 3.63) is 66.2 Å². The number of hydrogen-bond acceptors (Lipinski definition) is 3. The molecule has 0 unspecified atom stereocenters. The fraction of sp³-hybridized carbons (Fsp3) is 0.278. The van der Waals surface area contributed by atoms with Gasteiger partial charge < -0.3 is 10.4 Å². The second-order valence-corrected chi connectivity index (χ2v) is 6.58. The number of amides is 1. The van der Waals surface area contributed by atoms with Gasteiger partial charge in [0.25, 0.3) is 0 Å². The summed E-state index contributed by atoms with van der Waals surface area (Å²) in [5.41, 5.74) is -3.42. The number of carbonyl (C=O) groups is 1. The summed E-state index contributed by atoms with van der Waals surface area (Å²) in [5.74, 6) is -0.104. The fourth-order valence-corrected chi connectivity index (χ4v) is 3.05. The predicted octanol–water partition coefficient (Wildman–Crippen LogP) is 3.74. The van der Waals surface area contributed by atoms with E-state index in [1.165, 1.54) is 36.0 Å². The van der Waals surface area contributed by atoms with Gasteiger partial charge in [-0.1, -0.05) is 48.5 Å². The molecule has 1 atom stereocenters. The Bertz CT molecular complexity index is 680. The van der Waals surface area contributed by atoms with Crippen molar-refractivity contribution >= 4 is 17.7 Å². The molecule has 3 nitrogen and oxygen atoms in total. The number of alkyl halides is 3. The van der Waals surface area contributed by atoms with Crippen molar-refractivity contribution < 1.29 is 23.1 Å². The molecule has 0 aliphatic rings. The Kier molecular flexibility index (Phi) is 6.50. The zero-order chi connectivity index (χ0) is 18.3. The highest BCUT2D eigenvalue weighted by molar-refractivity contribution is 7.99. The van der Waals surface area contributed by atoms with Crippen LogP contribution in [-0.4, -0.2) is 29.5 Å². The second-order valence-electron chi connectivity index (χ2n) is 5.41. The molecular formula is C18H18F3NO2S. The zero-order valence-electron chi connectivity index (χ0n) is 13.3. The summed E-state index contributed by atoms with van der Waals surface area (Å²) < 4.78 is 39.9. The summed E-state index contributed by atoms with van der Waals surface area (Å²) in [6.07, 6.45) is -4.84. The lowest BCUT2D eigenvalue weighted by Crippen LogP contribution is -2.51. The number of carbonyl (C=O) groups excluding carboxylic acids is 1. The number of hydrogen-bond donors (Lipinski definition) is 2. The van der Waals surface area contributed by atoms with Crippen LogP contribution < -0.4 is 5.32 Å². The molecule has 2 aromatic carbocycles. The van der Waals surface area contributed by atoms with E-state index >= 15 is 0 Å². The fourth-order valence-electron chi connectivity index (χ4n) is 2.17. The molecule has 7 heteroatoms. The Morgan fingerprint density at radius 1 is 1.00 bits per heavy atom. The first-order chi connectivity index (χ1) is 11.8. The Morgan fingerprint density at radius 2 is 1.56 bits per heavy atom. The topological polar surface area (TPSA) is 49.3 Å². The molecule has 0 saturated heterocycles. The van der Waals surface area contributed by atoms with Crippen molar-refractivity contribution in [1.29, 1.82) is 0 Å². The summed E-state index contributed by atoms with van der Waals surface area (Å²) >= 11 is 1.44. The van der Waals surface area contributed by atoms with Crippen molar-refractivity contribution in [3.8, 4) is 0 Å². The maximum atomic E-state index is 13.3. The van der Waals surface area contributed by atoms with Gasteiger partial charge in [-0.2, -0.15) is 13.2 Å². The second kappa shape index (κ2) is 8.40. The average molecular weight is 369 g/mol. The van der Waals surface area contributed by atoms with Crippen LogP contribution in [0.4, 0.5) is 13.2 Å². The molecular weight excluding hydrogens is 351 g/mol. The molecule has 0 radical (unpaired) electrons. The van der Waals surface area contributed by atoms with Crippen molar-refractivity contribution in [2.75, 3.05) is 12.3 Å². The molecule has 0 heterocycles. The first-order valence-electron chi connectivity index (χ1n) is 7.62. The predicted molar refractivity (Wildman–Crippen MR) is 91.2 cm³/mol. The van der Waals surface area contributed by atoms with Crippen LogP contribution in [-0.2, 0) is 10.4 Å². The van der Waals surface area contributed by atoms with Crippen LogP contribution in [0.15, 0.2) is 65.6 Å². The van der Waals surface area contributed by atoms with Gasteiger partial charge in [0.15, 0.2) is 0 Å². The molecule has 0 bridgehead atoms. The maximum Gasteiger partial charge on any atom is 0.423 e. The number of aliphatic hydroxyl groups is 1. The van der Waals surface area contributed by atoms with Gasteiger partial charge in [-0.3, -0.25) is 4.79 Å². The highest BCUT2D eigenvalue weighted by Crippen LogP contribution is 2.38. The Balaban J connectivity index is 1.91. The molecule has 25 heavy (non-hydrogen) atoms. The number of benzene rings is 2. The molecule has 0 aliphatic carbocycles. The molecule has 2 rings (SSSR count). The third-order valence-corrected chi connectivity index (χ3v) is 4.62. The van der Waals surface area contributed by atoms with Gasteiger partial charge >= 0.3 is 6.18 Å². The van der Waals surface area contributed by atoms with Crippen LogP contribution in [0.2, 0.25) is 0 Å². The van der Waals surface area contributed by atoms with Gasteiger partial charge in [-0.25, -0.2) is 0 Å². The SMILES string of the molecule is O=C(CCSc1ccccc1)NC[C@](O)(c1ccccc1)C(F)(F)F. The van der Waals surface area contributed by atoms with Gasteiger partial charge in [-0.05, 0) is 17.7 Å². The molecule has 0 fully saturated rings. The first kappa shape index (κ1) is 19.3.